The maximum Gasteiger partial charge on any atom is 0.408 e. The molecule has 9 heteroatoms. The topological polar surface area (TPSA) is 116 Å². The van der Waals surface area contributed by atoms with E-state index in [0.717, 1.165) is 0 Å². The highest BCUT2D eigenvalue weighted by molar-refractivity contribution is 5.87. The van der Waals surface area contributed by atoms with E-state index in [1.807, 2.05) is 0 Å². The smallest absolute Gasteiger partial charge is 0.408 e. The summed E-state index contributed by atoms with van der Waals surface area (Å²) >= 11 is 0. The predicted molar refractivity (Wildman–Crippen MR) is 101 cm³/mol. The Morgan fingerprint density at radius 3 is 2.21 bits per heavy atom. The van der Waals surface area contributed by atoms with Crippen LogP contribution in [-0.2, 0) is 19.1 Å². The number of nitrogens with zero attached hydrogens (tertiary/aromatic N) is 2. The number of rotatable bonds is 4. The third kappa shape index (κ3) is 5.59. The van der Waals surface area contributed by atoms with Gasteiger partial charge in [0.25, 0.3) is 0 Å². The third-order valence-electron chi connectivity index (χ3n) is 5.08. The maximum atomic E-state index is 12.7. The van der Waals surface area contributed by atoms with Crippen LogP contribution < -0.4 is 5.32 Å². The van der Waals surface area contributed by atoms with Crippen molar-refractivity contribution in [1.82, 2.24) is 15.1 Å². The van der Waals surface area contributed by atoms with Crippen molar-refractivity contribution >= 4 is 23.9 Å². The lowest BCUT2D eigenvalue weighted by atomic mass is 9.94. The molecular weight excluding hydrogens is 366 g/mol. The molecule has 2 aliphatic rings. The first-order valence-electron chi connectivity index (χ1n) is 9.81. The Morgan fingerprint density at radius 1 is 1.07 bits per heavy atom. The lowest BCUT2D eigenvalue weighted by molar-refractivity contribution is -0.151. The average Bonchev–Trinajstić information content (AvgIpc) is 3.08. The largest absolute Gasteiger partial charge is 0.480 e. The Kier molecular flexibility index (Phi) is 6.90. The highest BCUT2D eigenvalue weighted by Gasteiger charge is 2.38. The lowest BCUT2D eigenvalue weighted by Crippen LogP contribution is -2.52. The molecule has 28 heavy (non-hydrogen) atoms. The van der Waals surface area contributed by atoms with Gasteiger partial charge in [-0.05, 0) is 53.4 Å². The van der Waals surface area contributed by atoms with Crippen LogP contribution in [0.25, 0.3) is 0 Å². The van der Waals surface area contributed by atoms with Crippen LogP contribution in [0.2, 0.25) is 0 Å². The minimum atomic E-state index is -0.958. The first kappa shape index (κ1) is 22.0. The number of hydrogen-bond donors (Lipinski definition) is 2. The van der Waals surface area contributed by atoms with Crippen molar-refractivity contribution in [3.05, 3.63) is 0 Å². The molecule has 0 aromatic carbocycles. The zero-order valence-corrected chi connectivity index (χ0v) is 17.1. The molecule has 0 spiro atoms. The molecule has 2 heterocycles. The van der Waals surface area contributed by atoms with Gasteiger partial charge in [0.15, 0.2) is 0 Å². The van der Waals surface area contributed by atoms with E-state index < -0.39 is 29.7 Å². The average molecular weight is 397 g/mol. The van der Waals surface area contributed by atoms with Crippen molar-refractivity contribution in [1.29, 1.82) is 0 Å². The van der Waals surface area contributed by atoms with Crippen molar-refractivity contribution < 1.29 is 29.0 Å². The molecule has 2 saturated heterocycles. The van der Waals surface area contributed by atoms with Crippen LogP contribution in [0, 0.1) is 5.92 Å². The van der Waals surface area contributed by atoms with E-state index in [4.69, 9.17) is 4.74 Å². The summed E-state index contributed by atoms with van der Waals surface area (Å²) in [6.45, 7) is 8.13. The van der Waals surface area contributed by atoms with Crippen LogP contribution >= 0.6 is 0 Å². The number of alkyl carbamates (subject to hydrolysis) is 1. The van der Waals surface area contributed by atoms with Crippen LogP contribution in [-0.4, -0.2) is 76.1 Å². The molecule has 2 unspecified atom stereocenters. The Hall–Kier alpha value is -2.32. The molecule has 2 fully saturated rings. The normalized spacial score (nSPS) is 21.9. The van der Waals surface area contributed by atoms with E-state index in [1.165, 1.54) is 4.90 Å². The summed E-state index contributed by atoms with van der Waals surface area (Å²) < 4.78 is 5.16. The first-order chi connectivity index (χ1) is 13.0. The summed E-state index contributed by atoms with van der Waals surface area (Å²) in [7, 11) is 0. The van der Waals surface area contributed by atoms with E-state index in [-0.39, 0.29) is 17.7 Å². The van der Waals surface area contributed by atoms with Gasteiger partial charge < -0.3 is 25.0 Å². The number of carbonyl (C=O) groups excluding carboxylic acids is 3. The number of ether oxygens (including phenoxy) is 1. The minimum Gasteiger partial charge on any atom is -0.480 e. The number of nitrogens with one attached hydrogen (secondary N) is 1. The number of carbonyl (C=O) groups is 4. The van der Waals surface area contributed by atoms with Gasteiger partial charge >= 0.3 is 12.1 Å². The van der Waals surface area contributed by atoms with Gasteiger partial charge in [0.05, 0.1) is 0 Å². The second-order valence-electron chi connectivity index (χ2n) is 8.50. The van der Waals surface area contributed by atoms with E-state index in [1.54, 1.807) is 32.6 Å². The number of piperidine rings is 1. The first-order valence-corrected chi connectivity index (χ1v) is 9.81. The molecule has 3 amide bonds. The van der Waals surface area contributed by atoms with Crippen LogP contribution in [0.15, 0.2) is 0 Å². The molecule has 0 saturated carbocycles. The molecular formula is C19H31N3O6. The number of hydrogen-bond acceptors (Lipinski definition) is 5. The van der Waals surface area contributed by atoms with Crippen molar-refractivity contribution in [3.8, 4) is 0 Å². The Morgan fingerprint density at radius 2 is 1.68 bits per heavy atom. The van der Waals surface area contributed by atoms with Crippen molar-refractivity contribution in [2.24, 2.45) is 5.92 Å². The molecule has 0 aliphatic carbocycles. The number of carboxylic acid groups (broad SMARTS) is 1. The summed E-state index contributed by atoms with van der Waals surface area (Å²) in [4.78, 5) is 51.5. The number of likely N-dealkylation sites (tertiary alicyclic amines) is 2. The SMILES string of the molecule is CC(NC(=O)OC(C)(C)C)C(=O)N1CCC(C(=O)N2CCCC2C(=O)O)CC1. The fourth-order valence-electron chi connectivity index (χ4n) is 3.69. The minimum absolute atomic E-state index is 0.128. The van der Waals surface area contributed by atoms with Crippen LogP contribution in [0.1, 0.15) is 53.4 Å². The zero-order chi connectivity index (χ0) is 21.1. The van der Waals surface area contributed by atoms with Gasteiger partial charge in [0.1, 0.15) is 17.7 Å². The standard InChI is InChI=1S/C19H31N3O6/c1-12(20-18(27)28-19(2,3)4)15(23)21-10-7-13(8-11-21)16(24)22-9-5-6-14(22)17(25)26/h12-14H,5-11H2,1-4H3,(H,20,27)(H,25,26). The summed E-state index contributed by atoms with van der Waals surface area (Å²) in [5, 5.41) is 11.8. The van der Waals surface area contributed by atoms with Crippen molar-refractivity contribution in [2.45, 2.75) is 71.1 Å². The lowest BCUT2D eigenvalue weighted by Gasteiger charge is -2.35. The third-order valence-corrected chi connectivity index (χ3v) is 5.08. The second kappa shape index (κ2) is 8.79. The Labute approximate surface area is 165 Å². The van der Waals surface area contributed by atoms with Gasteiger partial charge in [-0.3, -0.25) is 9.59 Å². The zero-order valence-electron chi connectivity index (χ0n) is 17.1. The Balaban J connectivity index is 1.84. The predicted octanol–water partition coefficient (Wildman–Crippen LogP) is 1.21. The fourth-order valence-corrected chi connectivity index (χ4v) is 3.69. The van der Waals surface area contributed by atoms with Crippen molar-refractivity contribution in [3.63, 3.8) is 0 Å². The number of amides is 3. The van der Waals surface area contributed by atoms with Crippen LogP contribution in [0.5, 0.6) is 0 Å². The second-order valence-corrected chi connectivity index (χ2v) is 8.50. The molecule has 2 atom stereocenters. The molecule has 2 rings (SSSR count). The highest BCUT2D eigenvalue weighted by Crippen LogP contribution is 2.25. The maximum absolute atomic E-state index is 12.7. The van der Waals surface area contributed by atoms with E-state index in [9.17, 15) is 24.3 Å². The van der Waals surface area contributed by atoms with Gasteiger partial charge in [0.2, 0.25) is 11.8 Å². The molecule has 158 valence electrons. The quantitative estimate of drug-likeness (QED) is 0.737. The van der Waals surface area contributed by atoms with Crippen molar-refractivity contribution in [2.75, 3.05) is 19.6 Å². The van der Waals surface area contributed by atoms with Gasteiger partial charge in [-0.2, -0.15) is 0 Å². The molecule has 0 bridgehead atoms. The van der Waals surface area contributed by atoms with E-state index >= 15 is 0 Å². The number of aliphatic carboxylic acids is 1. The molecule has 0 radical (unpaired) electrons. The van der Waals surface area contributed by atoms with Gasteiger partial charge in [-0.15, -0.1) is 0 Å². The van der Waals surface area contributed by atoms with Gasteiger partial charge in [-0.25, -0.2) is 9.59 Å². The summed E-state index contributed by atoms with van der Waals surface area (Å²) in [6.07, 6.45) is 1.53. The Bertz CT molecular complexity index is 622. The molecule has 2 N–H and O–H groups in total. The molecule has 0 aromatic rings. The summed E-state index contributed by atoms with van der Waals surface area (Å²) in [5.41, 5.74) is -0.644. The van der Waals surface area contributed by atoms with Gasteiger partial charge in [0, 0.05) is 25.6 Å². The highest BCUT2D eigenvalue weighted by atomic mass is 16.6. The monoisotopic (exact) mass is 397 g/mol. The molecule has 2 aliphatic heterocycles. The van der Waals surface area contributed by atoms with E-state index in [0.29, 0.717) is 45.3 Å². The van der Waals surface area contributed by atoms with Crippen LogP contribution in [0.3, 0.4) is 0 Å². The summed E-state index contributed by atoms with van der Waals surface area (Å²) in [6, 6.07) is -1.46. The van der Waals surface area contributed by atoms with Gasteiger partial charge in [-0.1, -0.05) is 0 Å². The summed E-state index contributed by atoms with van der Waals surface area (Å²) in [5.74, 6) is -1.57. The number of carboxylic acids is 1. The molecule has 9 nitrogen and oxygen atoms in total. The fraction of sp³-hybridized carbons (Fsp3) is 0.789. The van der Waals surface area contributed by atoms with Crippen LogP contribution in [0.4, 0.5) is 4.79 Å². The molecule has 0 aromatic heterocycles. The van der Waals surface area contributed by atoms with E-state index in [2.05, 4.69) is 5.32 Å².